The summed E-state index contributed by atoms with van der Waals surface area (Å²) in [5, 5.41) is 0. The third-order valence-electron chi connectivity index (χ3n) is 4.34. The summed E-state index contributed by atoms with van der Waals surface area (Å²) in [4.78, 5) is 27.5. The molecule has 0 aliphatic carbocycles. The fraction of sp³-hybridized carbons (Fsp3) is 0.238. The summed E-state index contributed by atoms with van der Waals surface area (Å²) < 4.78 is 10.6. The number of rotatable bonds is 4. The molecular weight excluding hydrogens is 330 g/mol. The molecule has 2 aromatic rings. The Kier molecular flexibility index (Phi) is 4.80. The Morgan fingerprint density at radius 1 is 1.00 bits per heavy atom. The lowest BCUT2D eigenvalue weighted by Crippen LogP contribution is -2.42. The summed E-state index contributed by atoms with van der Waals surface area (Å²) in [6.45, 7) is 6.12. The first-order chi connectivity index (χ1) is 12.5. The maximum Gasteiger partial charge on any atom is 0.269 e. The van der Waals surface area contributed by atoms with E-state index in [1.807, 2.05) is 32.9 Å². The van der Waals surface area contributed by atoms with E-state index in [9.17, 15) is 9.59 Å². The summed E-state index contributed by atoms with van der Waals surface area (Å²) in [5.74, 6) is -0.208. The van der Waals surface area contributed by atoms with E-state index < -0.39 is 5.91 Å². The van der Waals surface area contributed by atoms with E-state index >= 15 is 0 Å². The van der Waals surface area contributed by atoms with E-state index in [-0.39, 0.29) is 5.91 Å². The number of methoxy groups -OCH3 is 1. The third-order valence-corrected chi connectivity index (χ3v) is 4.34. The van der Waals surface area contributed by atoms with Crippen LogP contribution in [0.25, 0.3) is 5.57 Å². The number of hydrogen-bond acceptors (Lipinski definition) is 4. The zero-order valence-corrected chi connectivity index (χ0v) is 15.3. The number of imide groups is 1. The highest BCUT2D eigenvalue weighted by atomic mass is 16.5. The molecule has 0 bridgehead atoms. The molecule has 5 heteroatoms. The molecule has 0 saturated heterocycles. The van der Waals surface area contributed by atoms with Crippen LogP contribution in [0, 0.1) is 13.8 Å². The molecule has 2 aromatic carbocycles. The van der Waals surface area contributed by atoms with Crippen LogP contribution < -0.4 is 9.64 Å². The summed E-state index contributed by atoms with van der Waals surface area (Å²) >= 11 is 0. The Balaban J connectivity index is 2.21. The number of carbonyl (C=O) groups excluding carboxylic acids is 2. The number of hydrogen-bond donors (Lipinski definition) is 0. The van der Waals surface area contributed by atoms with Crippen molar-refractivity contribution in [2.45, 2.75) is 20.8 Å². The number of benzene rings is 2. The molecular formula is C21H21NO4. The van der Waals surface area contributed by atoms with Crippen molar-refractivity contribution in [1.29, 1.82) is 0 Å². The van der Waals surface area contributed by atoms with Crippen LogP contribution in [-0.4, -0.2) is 25.5 Å². The van der Waals surface area contributed by atoms with Gasteiger partial charge in [0, 0.05) is 5.56 Å². The van der Waals surface area contributed by atoms with Gasteiger partial charge in [-0.25, -0.2) is 4.90 Å². The highest BCUT2D eigenvalue weighted by Crippen LogP contribution is 2.35. The van der Waals surface area contributed by atoms with Crippen molar-refractivity contribution < 1.29 is 19.1 Å². The van der Waals surface area contributed by atoms with Gasteiger partial charge in [0.1, 0.15) is 5.75 Å². The van der Waals surface area contributed by atoms with Crippen LogP contribution in [0.3, 0.4) is 0 Å². The minimum atomic E-state index is -0.395. The van der Waals surface area contributed by atoms with E-state index in [4.69, 9.17) is 9.47 Å². The first-order valence-electron chi connectivity index (χ1n) is 8.44. The third kappa shape index (κ3) is 2.96. The van der Waals surface area contributed by atoms with Crippen LogP contribution in [0.1, 0.15) is 34.0 Å². The number of anilines is 1. The number of aryl methyl sites for hydroxylation is 2. The minimum Gasteiger partial charge on any atom is -0.501 e. The second-order valence-electron chi connectivity index (χ2n) is 6.13. The highest BCUT2D eigenvalue weighted by molar-refractivity contribution is 6.41. The van der Waals surface area contributed by atoms with E-state index in [0.29, 0.717) is 34.7 Å². The van der Waals surface area contributed by atoms with Gasteiger partial charge in [0.25, 0.3) is 11.8 Å². The van der Waals surface area contributed by atoms with Gasteiger partial charge in [-0.15, -0.1) is 0 Å². The molecule has 0 unspecified atom stereocenters. The molecule has 3 rings (SSSR count). The lowest BCUT2D eigenvalue weighted by molar-refractivity contribution is -0.113. The van der Waals surface area contributed by atoms with Gasteiger partial charge < -0.3 is 9.47 Å². The quantitative estimate of drug-likeness (QED) is 0.477. The molecule has 5 nitrogen and oxygen atoms in total. The fourth-order valence-electron chi connectivity index (χ4n) is 3.07. The zero-order chi connectivity index (χ0) is 18.8. The normalized spacial score (nSPS) is 15.2. The van der Waals surface area contributed by atoms with Gasteiger partial charge in [-0.2, -0.15) is 0 Å². The molecule has 0 spiro atoms. The molecule has 1 aliphatic rings. The largest absolute Gasteiger partial charge is 0.501 e. The Hall–Kier alpha value is -3.08. The van der Waals surface area contributed by atoms with E-state index in [1.54, 1.807) is 31.4 Å². The first-order valence-corrected chi connectivity index (χ1v) is 8.44. The van der Waals surface area contributed by atoms with Gasteiger partial charge in [-0.1, -0.05) is 17.7 Å². The molecule has 1 aliphatic heterocycles. The minimum absolute atomic E-state index is 0.351. The van der Waals surface area contributed by atoms with Gasteiger partial charge in [0.05, 0.1) is 36.8 Å². The Bertz CT molecular complexity index is 914. The zero-order valence-electron chi connectivity index (χ0n) is 15.3. The number of amides is 2. The van der Waals surface area contributed by atoms with Gasteiger partial charge in [0.2, 0.25) is 0 Å². The molecule has 26 heavy (non-hydrogen) atoms. The average Bonchev–Trinajstić information content (AvgIpc) is 2.63. The van der Waals surface area contributed by atoms with Crippen LogP contribution >= 0.6 is 0 Å². The highest BCUT2D eigenvalue weighted by Gasteiger charge is 2.37. The smallest absolute Gasteiger partial charge is 0.269 e. The van der Waals surface area contributed by atoms with Gasteiger partial charge >= 0.3 is 0 Å². The van der Waals surface area contributed by atoms with Crippen LogP contribution in [0.15, 0.2) is 42.7 Å². The molecule has 134 valence electrons. The van der Waals surface area contributed by atoms with Crippen LogP contribution in [-0.2, 0) is 9.53 Å². The van der Waals surface area contributed by atoms with Crippen LogP contribution in [0.4, 0.5) is 5.69 Å². The summed E-state index contributed by atoms with van der Waals surface area (Å²) in [6, 6.07) is 10.7. The molecule has 0 N–H and O–H groups in total. The Morgan fingerprint density at radius 3 is 2.42 bits per heavy atom. The van der Waals surface area contributed by atoms with Crippen molar-refractivity contribution in [3.63, 3.8) is 0 Å². The average molecular weight is 351 g/mol. The molecule has 0 aromatic heterocycles. The number of carbonyl (C=O) groups is 2. The predicted molar refractivity (Wildman–Crippen MR) is 100 cm³/mol. The van der Waals surface area contributed by atoms with E-state index in [0.717, 1.165) is 11.1 Å². The fourth-order valence-corrected chi connectivity index (χ4v) is 3.07. The molecule has 0 radical (unpaired) electrons. The lowest BCUT2D eigenvalue weighted by Gasteiger charge is -2.29. The van der Waals surface area contributed by atoms with Crippen molar-refractivity contribution in [2.75, 3.05) is 18.6 Å². The molecule has 0 saturated carbocycles. The van der Waals surface area contributed by atoms with Gasteiger partial charge in [0.15, 0.2) is 0 Å². The number of fused-ring (bicyclic) bond motifs is 1. The SMILES string of the molecule is CCO/C=C1/C(=O)N(c2ccc(C)cc2C)C(=O)c2cc(OC)ccc21. The maximum absolute atomic E-state index is 13.1. The van der Waals surface area contributed by atoms with Gasteiger partial charge in [-0.3, -0.25) is 9.59 Å². The van der Waals surface area contributed by atoms with Crippen molar-refractivity contribution in [3.8, 4) is 5.75 Å². The standard InChI is InChI=1S/C21H21NO4/c1-5-26-12-18-16-8-7-15(25-4)11-17(16)20(23)22(21(18)24)19-9-6-13(2)10-14(19)3/h6-12H,5H2,1-4H3/b18-12+. The molecule has 0 fully saturated rings. The predicted octanol–water partition coefficient (Wildman–Crippen LogP) is 3.88. The van der Waals surface area contributed by atoms with Crippen molar-refractivity contribution in [1.82, 2.24) is 0 Å². The lowest BCUT2D eigenvalue weighted by atomic mass is 9.93. The monoisotopic (exact) mass is 351 g/mol. The number of ether oxygens (including phenoxy) is 2. The van der Waals surface area contributed by atoms with Crippen molar-refractivity contribution in [2.24, 2.45) is 0 Å². The summed E-state index contributed by atoms with van der Waals surface area (Å²) in [7, 11) is 1.54. The van der Waals surface area contributed by atoms with E-state index in [2.05, 4.69) is 0 Å². The topological polar surface area (TPSA) is 55.8 Å². The van der Waals surface area contributed by atoms with Crippen LogP contribution in [0.2, 0.25) is 0 Å². The summed E-state index contributed by atoms with van der Waals surface area (Å²) in [6.07, 6.45) is 1.43. The van der Waals surface area contributed by atoms with Gasteiger partial charge in [-0.05, 0) is 50.6 Å². The second kappa shape index (κ2) is 7.04. The Labute approximate surface area is 152 Å². The van der Waals surface area contributed by atoms with Crippen molar-refractivity contribution in [3.05, 3.63) is 64.9 Å². The number of nitrogens with zero attached hydrogens (tertiary/aromatic N) is 1. The molecule has 1 heterocycles. The van der Waals surface area contributed by atoms with Crippen LogP contribution in [0.5, 0.6) is 5.75 Å². The molecule has 0 atom stereocenters. The summed E-state index contributed by atoms with van der Waals surface area (Å²) in [5.41, 5.74) is 3.81. The molecule has 2 amide bonds. The van der Waals surface area contributed by atoms with Crippen molar-refractivity contribution >= 4 is 23.1 Å². The second-order valence-corrected chi connectivity index (χ2v) is 6.13. The first kappa shape index (κ1) is 17.7. The Morgan fingerprint density at radius 2 is 1.77 bits per heavy atom. The maximum atomic E-state index is 13.1. The van der Waals surface area contributed by atoms with E-state index in [1.165, 1.54) is 11.2 Å².